The Kier molecular flexibility index (Phi) is 3.37. The van der Waals surface area contributed by atoms with Crippen molar-refractivity contribution in [2.24, 2.45) is 5.92 Å². The van der Waals surface area contributed by atoms with Gasteiger partial charge in [-0.1, -0.05) is 13.3 Å². The number of piperidine rings is 1. The first-order valence-corrected chi connectivity index (χ1v) is 5.95. The molecule has 1 aromatic heterocycles. The second-order valence-electron chi connectivity index (χ2n) is 4.54. The third kappa shape index (κ3) is 2.37. The molecule has 15 heavy (non-hydrogen) atoms. The molecule has 2 heteroatoms. The van der Waals surface area contributed by atoms with E-state index >= 15 is 0 Å². The van der Waals surface area contributed by atoms with Crippen molar-refractivity contribution in [2.45, 2.75) is 39.2 Å². The molecule has 1 aliphatic heterocycles. The number of hydrogen-bond donors (Lipinski definition) is 1. The van der Waals surface area contributed by atoms with Gasteiger partial charge in [0.1, 0.15) is 0 Å². The number of nitrogens with zero attached hydrogens (tertiary/aromatic N) is 1. The van der Waals surface area contributed by atoms with Gasteiger partial charge in [-0.15, -0.1) is 0 Å². The van der Waals surface area contributed by atoms with Crippen molar-refractivity contribution in [3.05, 3.63) is 29.6 Å². The molecule has 0 aliphatic carbocycles. The predicted octanol–water partition coefficient (Wildman–Crippen LogP) is 2.84. The summed E-state index contributed by atoms with van der Waals surface area (Å²) in [5.74, 6) is 0.885. The van der Waals surface area contributed by atoms with Gasteiger partial charge < -0.3 is 5.32 Å². The van der Waals surface area contributed by atoms with Gasteiger partial charge in [-0.25, -0.2) is 0 Å². The number of aryl methyl sites for hydroxylation is 1. The van der Waals surface area contributed by atoms with Crippen molar-refractivity contribution < 1.29 is 0 Å². The largest absolute Gasteiger partial charge is 0.310 e. The highest BCUT2D eigenvalue weighted by Gasteiger charge is 2.22. The van der Waals surface area contributed by atoms with Gasteiger partial charge in [0, 0.05) is 18.4 Å². The molecule has 82 valence electrons. The van der Waals surface area contributed by atoms with E-state index in [0.29, 0.717) is 6.04 Å². The van der Waals surface area contributed by atoms with Crippen LogP contribution in [0.1, 0.15) is 43.4 Å². The zero-order valence-corrected chi connectivity index (χ0v) is 9.66. The first-order chi connectivity index (χ1) is 7.31. The highest BCUT2D eigenvalue weighted by Crippen LogP contribution is 2.29. The molecule has 0 spiro atoms. The van der Waals surface area contributed by atoms with Gasteiger partial charge in [-0.2, -0.15) is 0 Å². The molecular formula is C13H20N2. The van der Waals surface area contributed by atoms with Crippen molar-refractivity contribution in [1.82, 2.24) is 10.3 Å². The average Bonchev–Trinajstić information content (AvgIpc) is 2.30. The molecule has 1 fully saturated rings. The molecule has 2 heterocycles. The molecule has 1 aliphatic rings. The van der Waals surface area contributed by atoms with Gasteiger partial charge in [-0.05, 0) is 49.4 Å². The van der Waals surface area contributed by atoms with E-state index in [0.717, 1.165) is 12.5 Å². The van der Waals surface area contributed by atoms with Crippen LogP contribution in [-0.2, 0) is 0 Å². The van der Waals surface area contributed by atoms with E-state index in [2.05, 4.69) is 30.2 Å². The Balaban J connectivity index is 2.13. The van der Waals surface area contributed by atoms with Crippen LogP contribution in [0.5, 0.6) is 0 Å². The van der Waals surface area contributed by atoms with E-state index in [1.807, 2.05) is 12.4 Å². The number of nitrogens with one attached hydrogen (secondary N) is 1. The standard InChI is InChI=1S/C13H20N2/c1-3-11-5-7-15-13(8-11)12-9-14-6-4-10(12)2/h4,6,9,11,13,15H,3,5,7-8H2,1-2H3. The van der Waals surface area contributed by atoms with Gasteiger partial charge >= 0.3 is 0 Å². The van der Waals surface area contributed by atoms with Crippen molar-refractivity contribution in [2.75, 3.05) is 6.54 Å². The maximum absolute atomic E-state index is 4.23. The molecule has 2 nitrogen and oxygen atoms in total. The van der Waals surface area contributed by atoms with Gasteiger partial charge in [0.05, 0.1) is 0 Å². The lowest BCUT2D eigenvalue weighted by molar-refractivity contribution is 0.298. The van der Waals surface area contributed by atoms with Gasteiger partial charge in [0.25, 0.3) is 0 Å². The summed E-state index contributed by atoms with van der Waals surface area (Å²) in [7, 11) is 0. The Labute approximate surface area is 92.1 Å². The predicted molar refractivity (Wildman–Crippen MR) is 62.7 cm³/mol. The molecular weight excluding hydrogens is 184 g/mol. The second kappa shape index (κ2) is 4.75. The number of hydrogen-bond acceptors (Lipinski definition) is 2. The lowest BCUT2D eigenvalue weighted by Crippen LogP contribution is -2.32. The van der Waals surface area contributed by atoms with Crippen molar-refractivity contribution in [3.63, 3.8) is 0 Å². The molecule has 2 unspecified atom stereocenters. The number of pyridine rings is 1. The summed E-state index contributed by atoms with van der Waals surface area (Å²) in [5, 5.41) is 3.60. The fourth-order valence-electron chi connectivity index (χ4n) is 2.44. The van der Waals surface area contributed by atoms with Crippen LogP contribution >= 0.6 is 0 Å². The van der Waals surface area contributed by atoms with Crippen LogP contribution < -0.4 is 5.32 Å². The summed E-state index contributed by atoms with van der Waals surface area (Å²) in [6.45, 7) is 5.62. The van der Waals surface area contributed by atoms with Crippen LogP contribution in [0.4, 0.5) is 0 Å². The minimum absolute atomic E-state index is 0.525. The van der Waals surface area contributed by atoms with Crippen LogP contribution in [0.3, 0.4) is 0 Å². The number of rotatable bonds is 2. The lowest BCUT2D eigenvalue weighted by atomic mass is 9.86. The SMILES string of the molecule is CCC1CCNC(c2cnccc2C)C1. The highest BCUT2D eigenvalue weighted by atomic mass is 14.9. The molecule has 0 amide bonds. The monoisotopic (exact) mass is 204 g/mol. The van der Waals surface area contributed by atoms with E-state index in [-0.39, 0.29) is 0 Å². The zero-order valence-electron chi connectivity index (χ0n) is 9.66. The molecule has 1 saturated heterocycles. The Bertz CT molecular complexity index is 322. The Morgan fingerprint density at radius 1 is 1.53 bits per heavy atom. The van der Waals surface area contributed by atoms with Crippen LogP contribution in [0, 0.1) is 12.8 Å². The maximum Gasteiger partial charge on any atom is 0.0340 e. The fourth-order valence-corrected chi connectivity index (χ4v) is 2.44. The van der Waals surface area contributed by atoms with Crippen molar-refractivity contribution in [3.8, 4) is 0 Å². The molecule has 0 radical (unpaired) electrons. The Morgan fingerprint density at radius 3 is 3.13 bits per heavy atom. The van der Waals surface area contributed by atoms with Crippen LogP contribution in [0.15, 0.2) is 18.5 Å². The van der Waals surface area contributed by atoms with Crippen molar-refractivity contribution >= 4 is 0 Å². The van der Waals surface area contributed by atoms with Crippen LogP contribution in [0.25, 0.3) is 0 Å². The zero-order chi connectivity index (χ0) is 10.7. The summed E-state index contributed by atoms with van der Waals surface area (Å²) in [4.78, 5) is 4.23. The molecule has 0 saturated carbocycles. The fraction of sp³-hybridized carbons (Fsp3) is 0.615. The Hall–Kier alpha value is -0.890. The second-order valence-corrected chi connectivity index (χ2v) is 4.54. The van der Waals surface area contributed by atoms with E-state index in [1.54, 1.807) is 0 Å². The smallest absolute Gasteiger partial charge is 0.0340 e. The molecule has 0 aromatic carbocycles. The summed E-state index contributed by atoms with van der Waals surface area (Å²) < 4.78 is 0. The third-order valence-corrected chi connectivity index (χ3v) is 3.54. The third-order valence-electron chi connectivity index (χ3n) is 3.54. The minimum Gasteiger partial charge on any atom is -0.310 e. The van der Waals surface area contributed by atoms with E-state index in [1.165, 1.54) is 30.4 Å². The summed E-state index contributed by atoms with van der Waals surface area (Å²) in [5.41, 5.74) is 2.75. The lowest BCUT2D eigenvalue weighted by Gasteiger charge is -2.30. The molecule has 2 atom stereocenters. The van der Waals surface area contributed by atoms with Crippen LogP contribution in [-0.4, -0.2) is 11.5 Å². The molecule has 2 rings (SSSR count). The minimum atomic E-state index is 0.525. The van der Waals surface area contributed by atoms with E-state index < -0.39 is 0 Å². The number of aromatic nitrogens is 1. The van der Waals surface area contributed by atoms with Crippen molar-refractivity contribution in [1.29, 1.82) is 0 Å². The van der Waals surface area contributed by atoms with Gasteiger partial charge in [0.2, 0.25) is 0 Å². The first kappa shape index (κ1) is 10.6. The normalized spacial score (nSPS) is 26.5. The Morgan fingerprint density at radius 2 is 2.40 bits per heavy atom. The molecule has 1 aromatic rings. The quantitative estimate of drug-likeness (QED) is 0.801. The summed E-state index contributed by atoms with van der Waals surface area (Å²) >= 11 is 0. The average molecular weight is 204 g/mol. The van der Waals surface area contributed by atoms with E-state index in [4.69, 9.17) is 0 Å². The molecule has 0 bridgehead atoms. The van der Waals surface area contributed by atoms with E-state index in [9.17, 15) is 0 Å². The highest BCUT2D eigenvalue weighted by molar-refractivity contribution is 5.25. The summed E-state index contributed by atoms with van der Waals surface area (Å²) in [6, 6.07) is 2.63. The summed E-state index contributed by atoms with van der Waals surface area (Å²) in [6.07, 6.45) is 7.79. The first-order valence-electron chi connectivity index (χ1n) is 5.95. The van der Waals surface area contributed by atoms with Crippen LogP contribution in [0.2, 0.25) is 0 Å². The molecule has 1 N–H and O–H groups in total. The van der Waals surface area contributed by atoms with Gasteiger partial charge in [0.15, 0.2) is 0 Å². The maximum atomic E-state index is 4.23. The topological polar surface area (TPSA) is 24.9 Å². The van der Waals surface area contributed by atoms with Gasteiger partial charge in [-0.3, -0.25) is 4.98 Å².